The Morgan fingerprint density at radius 2 is 1.90 bits per heavy atom. The number of nitrogen functional groups attached to an aromatic ring is 1. The Morgan fingerprint density at radius 3 is 2.60 bits per heavy atom. The molecule has 0 aliphatic carbocycles. The summed E-state index contributed by atoms with van der Waals surface area (Å²) in [5, 5.41) is 12.8. The predicted octanol–water partition coefficient (Wildman–Crippen LogP) is 3.50. The third-order valence-electron chi connectivity index (χ3n) is 3.06. The number of aromatic hydroxyl groups is 1. The highest BCUT2D eigenvalue weighted by Crippen LogP contribution is 2.25. The third-order valence-corrected chi connectivity index (χ3v) is 3.30. The number of phenolic OH excluding ortho intramolecular Hbond substituents is 1. The maximum atomic E-state index is 12.2. The summed E-state index contributed by atoms with van der Waals surface area (Å²) in [7, 11) is 0. The topological polar surface area (TPSA) is 75.3 Å². The fourth-order valence-corrected chi connectivity index (χ4v) is 2.06. The molecule has 1 amide bonds. The molecule has 0 saturated carbocycles. The molecule has 0 aliphatic heterocycles. The molecule has 2 aromatic carbocycles. The molecule has 0 saturated heterocycles. The highest BCUT2D eigenvalue weighted by molar-refractivity contribution is 6.31. The van der Waals surface area contributed by atoms with E-state index >= 15 is 0 Å². The molecule has 104 valence electrons. The van der Waals surface area contributed by atoms with E-state index in [0.29, 0.717) is 16.4 Å². The number of carbonyl (C=O) groups is 1. The lowest BCUT2D eigenvalue weighted by molar-refractivity contribution is 0.102. The van der Waals surface area contributed by atoms with E-state index in [4.69, 9.17) is 17.3 Å². The second-order valence-electron chi connectivity index (χ2n) is 4.64. The van der Waals surface area contributed by atoms with Crippen molar-refractivity contribution in [3.63, 3.8) is 0 Å². The van der Waals surface area contributed by atoms with Crippen LogP contribution in [0.1, 0.15) is 21.5 Å². The highest BCUT2D eigenvalue weighted by Gasteiger charge is 2.13. The van der Waals surface area contributed by atoms with Crippen LogP contribution in [0.4, 0.5) is 11.4 Å². The average molecular weight is 291 g/mol. The monoisotopic (exact) mass is 290 g/mol. The molecule has 5 heteroatoms. The van der Waals surface area contributed by atoms with Crippen LogP contribution in [0, 0.1) is 13.8 Å². The number of hydrogen-bond donors (Lipinski definition) is 3. The molecule has 2 aromatic rings. The lowest BCUT2D eigenvalue weighted by atomic mass is 10.1. The molecular weight excluding hydrogens is 276 g/mol. The van der Waals surface area contributed by atoms with Gasteiger partial charge in [-0.2, -0.15) is 0 Å². The first kappa shape index (κ1) is 14.2. The molecule has 0 heterocycles. The van der Waals surface area contributed by atoms with Gasteiger partial charge in [0.05, 0.1) is 5.56 Å². The number of nitrogens with one attached hydrogen (secondary N) is 1. The minimum absolute atomic E-state index is 0.121. The van der Waals surface area contributed by atoms with Crippen LogP contribution in [0.2, 0.25) is 5.02 Å². The number of benzene rings is 2. The van der Waals surface area contributed by atoms with E-state index in [1.54, 1.807) is 6.07 Å². The quantitative estimate of drug-likeness (QED) is 0.741. The number of hydrogen-bond acceptors (Lipinski definition) is 3. The van der Waals surface area contributed by atoms with Gasteiger partial charge < -0.3 is 16.2 Å². The fraction of sp³-hybridized carbons (Fsp3) is 0.133. The molecule has 20 heavy (non-hydrogen) atoms. The van der Waals surface area contributed by atoms with Crippen LogP contribution in [0.3, 0.4) is 0 Å². The lowest BCUT2D eigenvalue weighted by Gasteiger charge is -2.12. The molecule has 0 bridgehead atoms. The number of aryl methyl sites for hydroxylation is 2. The van der Waals surface area contributed by atoms with E-state index in [2.05, 4.69) is 5.32 Å². The van der Waals surface area contributed by atoms with Gasteiger partial charge in [-0.15, -0.1) is 0 Å². The fourth-order valence-electron chi connectivity index (χ4n) is 1.88. The standard InChI is InChI=1S/C15H15ClN2O2/c1-8-5-9(2)13(7-12(8)17)18-15(20)11-6-10(16)3-4-14(11)19/h3-7,19H,17H2,1-2H3,(H,18,20). The lowest BCUT2D eigenvalue weighted by Crippen LogP contribution is -2.13. The van der Waals surface area contributed by atoms with Crippen molar-refractivity contribution >= 4 is 28.9 Å². The normalized spacial score (nSPS) is 10.3. The van der Waals surface area contributed by atoms with Crippen molar-refractivity contribution in [1.82, 2.24) is 0 Å². The molecule has 4 N–H and O–H groups in total. The summed E-state index contributed by atoms with van der Waals surface area (Å²) in [4.78, 5) is 12.2. The molecule has 0 spiro atoms. The van der Waals surface area contributed by atoms with Gasteiger partial charge in [-0.1, -0.05) is 17.7 Å². The molecule has 2 rings (SSSR count). The number of halogens is 1. The van der Waals surface area contributed by atoms with Crippen LogP contribution in [-0.2, 0) is 0 Å². The molecule has 0 radical (unpaired) electrons. The van der Waals surface area contributed by atoms with Crippen molar-refractivity contribution in [2.45, 2.75) is 13.8 Å². The average Bonchev–Trinajstić information content (AvgIpc) is 2.38. The highest BCUT2D eigenvalue weighted by atomic mass is 35.5. The van der Waals surface area contributed by atoms with Gasteiger partial charge in [0, 0.05) is 16.4 Å². The summed E-state index contributed by atoms with van der Waals surface area (Å²) in [5.74, 6) is -0.555. The summed E-state index contributed by atoms with van der Waals surface area (Å²) in [5.41, 5.74) is 9.01. The summed E-state index contributed by atoms with van der Waals surface area (Å²) < 4.78 is 0. The zero-order valence-corrected chi connectivity index (χ0v) is 12.0. The van der Waals surface area contributed by atoms with Crippen LogP contribution in [0.25, 0.3) is 0 Å². The van der Waals surface area contributed by atoms with E-state index in [-0.39, 0.29) is 11.3 Å². The molecule has 0 atom stereocenters. The number of anilines is 2. The second-order valence-corrected chi connectivity index (χ2v) is 5.08. The van der Waals surface area contributed by atoms with Crippen LogP contribution in [-0.4, -0.2) is 11.0 Å². The Balaban J connectivity index is 2.32. The van der Waals surface area contributed by atoms with Gasteiger partial charge in [0.15, 0.2) is 0 Å². The Labute approximate surface area is 122 Å². The van der Waals surface area contributed by atoms with Crippen molar-refractivity contribution in [1.29, 1.82) is 0 Å². The first-order chi connectivity index (χ1) is 9.38. The summed E-state index contributed by atoms with van der Waals surface area (Å²) >= 11 is 5.83. The summed E-state index contributed by atoms with van der Waals surface area (Å²) in [6.07, 6.45) is 0. The first-order valence-corrected chi connectivity index (χ1v) is 6.43. The SMILES string of the molecule is Cc1cc(C)c(NC(=O)c2cc(Cl)ccc2O)cc1N. The molecule has 0 fully saturated rings. The summed E-state index contributed by atoms with van der Waals surface area (Å²) in [6.45, 7) is 3.77. The predicted molar refractivity (Wildman–Crippen MR) is 81.4 cm³/mol. The summed E-state index contributed by atoms with van der Waals surface area (Å²) in [6, 6.07) is 7.91. The number of amides is 1. The van der Waals surface area contributed by atoms with Crippen LogP contribution < -0.4 is 11.1 Å². The number of nitrogens with two attached hydrogens (primary N) is 1. The Morgan fingerprint density at radius 1 is 1.20 bits per heavy atom. The molecular formula is C15H15ClN2O2. The van der Waals surface area contributed by atoms with Gasteiger partial charge in [-0.3, -0.25) is 4.79 Å². The minimum atomic E-state index is -0.434. The van der Waals surface area contributed by atoms with Crippen molar-refractivity contribution in [3.05, 3.63) is 52.0 Å². The minimum Gasteiger partial charge on any atom is -0.507 e. The Bertz CT molecular complexity index is 684. The van der Waals surface area contributed by atoms with Crippen LogP contribution in [0.15, 0.2) is 30.3 Å². The zero-order valence-electron chi connectivity index (χ0n) is 11.2. The molecule has 0 aliphatic rings. The van der Waals surface area contributed by atoms with Gasteiger partial charge in [0.25, 0.3) is 5.91 Å². The largest absolute Gasteiger partial charge is 0.507 e. The molecule has 4 nitrogen and oxygen atoms in total. The number of carbonyl (C=O) groups excluding carboxylic acids is 1. The number of rotatable bonds is 2. The van der Waals surface area contributed by atoms with E-state index in [0.717, 1.165) is 11.1 Å². The third kappa shape index (κ3) is 2.86. The van der Waals surface area contributed by atoms with Crippen molar-refractivity contribution < 1.29 is 9.90 Å². The van der Waals surface area contributed by atoms with Crippen molar-refractivity contribution in [3.8, 4) is 5.75 Å². The van der Waals surface area contributed by atoms with Crippen molar-refractivity contribution in [2.24, 2.45) is 0 Å². The first-order valence-electron chi connectivity index (χ1n) is 6.05. The van der Waals surface area contributed by atoms with Gasteiger partial charge in [0.2, 0.25) is 0 Å². The van der Waals surface area contributed by atoms with Crippen LogP contribution >= 0.6 is 11.6 Å². The maximum Gasteiger partial charge on any atom is 0.259 e. The van der Waals surface area contributed by atoms with Gasteiger partial charge in [-0.25, -0.2) is 0 Å². The zero-order chi connectivity index (χ0) is 14.9. The second kappa shape index (κ2) is 5.43. The van der Waals surface area contributed by atoms with Gasteiger partial charge >= 0.3 is 0 Å². The molecule has 0 aromatic heterocycles. The smallest absolute Gasteiger partial charge is 0.259 e. The van der Waals surface area contributed by atoms with Crippen LogP contribution in [0.5, 0.6) is 5.75 Å². The van der Waals surface area contributed by atoms with Crippen molar-refractivity contribution in [2.75, 3.05) is 11.1 Å². The number of phenols is 1. The van der Waals surface area contributed by atoms with E-state index in [9.17, 15) is 9.90 Å². The molecule has 0 unspecified atom stereocenters. The van der Waals surface area contributed by atoms with E-state index in [1.807, 2.05) is 19.9 Å². The Kier molecular flexibility index (Phi) is 3.86. The van der Waals surface area contributed by atoms with E-state index in [1.165, 1.54) is 18.2 Å². The maximum absolute atomic E-state index is 12.2. The van der Waals surface area contributed by atoms with Gasteiger partial charge in [-0.05, 0) is 49.2 Å². The van der Waals surface area contributed by atoms with E-state index < -0.39 is 5.91 Å². The Hall–Kier alpha value is -2.20. The van der Waals surface area contributed by atoms with Gasteiger partial charge in [0.1, 0.15) is 5.75 Å².